The molecule has 0 unspecified atom stereocenters. The van der Waals surface area contributed by atoms with Crippen LogP contribution in [0, 0.1) is 0 Å². The maximum absolute atomic E-state index is 9.57. The molecule has 2 rings (SSSR count). The molecular weight excluding hydrogens is 188 g/mol. The summed E-state index contributed by atoms with van der Waals surface area (Å²) >= 11 is 0. The molecule has 0 amide bonds. The van der Waals surface area contributed by atoms with Gasteiger partial charge in [0.25, 0.3) is 0 Å². The second-order valence-electron chi connectivity index (χ2n) is 3.06. The van der Waals surface area contributed by atoms with Gasteiger partial charge in [-0.15, -0.1) is 0 Å². The normalized spacial score (nSPS) is 9.33. The molecular formula is C13H14O2. The second kappa shape index (κ2) is 4.51. The zero-order valence-electron chi connectivity index (χ0n) is 7.51. The van der Waals surface area contributed by atoms with Crippen molar-refractivity contribution < 1.29 is 10.2 Å². The number of hydrogen-bond acceptors (Lipinski definition) is 2. The molecule has 0 aliphatic heterocycles. The van der Waals surface area contributed by atoms with Gasteiger partial charge in [-0.1, -0.05) is 37.8 Å². The molecule has 78 valence electrons. The van der Waals surface area contributed by atoms with Crippen LogP contribution in [-0.4, -0.2) is 10.2 Å². The van der Waals surface area contributed by atoms with E-state index >= 15 is 0 Å². The quantitative estimate of drug-likeness (QED) is 0.744. The minimum atomic E-state index is 0. The van der Waals surface area contributed by atoms with Gasteiger partial charge in [0.05, 0.1) is 0 Å². The highest BCUT2D eigenvalue weighted by Crippen LogP contribution is 2.29. The molecule has 2 N–H and O–H groups in total. The summed E-state index contributed by atoms with van der Waals surface area (Å²) in [6.45, 7) is 0. The van der Waals surface area contributed by atoms with Crippen molar-refractivity contribution in [3.8, 4) is 22.6 Å². The summed E-state index contributed by atoms with van der Waals surface area (Å²) in [5.41, 5.74) is 1.66. The van der Waals surface area contributed by atoms with Gasteiger partial charge in [-0.2, -0.15) is 0 Å². The molecule has 2 aromatic rings. The molecule has 0 radical (unpaired) electrons. The third-order valence-electron chi connectivity index (χ3n) is 2.08. The minimum absolute atomic E-state index is 0. The van der Waals surface area contributed by atoms with Crippen molar-refractivity contribution >= 4 is 0 Å². The first-order chi connectivity index (χ1) is 6.77. The molecule has 2 aromatic carbocycles. The first-order valence-electron chi connectivity index (χ1n) is 4.35. The Morgan fingerprint density at radius 3 is 1.93 bits per heavy atom. The lowest BCUT2D eigenvalue weighted by Crippen LogP contribution is -1.77. The largest absolute Gasteiger partial charge is 0.508 e. The molecule has 0 aromatic heterocycles. The molecule has 0 saturated heterocycles. The summed E-state index contributed by atoms with van der Waals surface area (Å²) in [7, 11) is 0. The Morgan fingerprint density at radius 2 is 1.33 bits per heavy atom. The number of benzene rings is 2. The highest BCUT2D eigenvalue weighted by molar-refractivity contribution is 5.70. The van der Waals surface area contributed by atoms with Crippen LogP contribution in [0.25, 0.3) is 11.1 Å². The number of hydrogen-bond donors (Lipinski definition) is 2. The molecule has 0 saturated carbocycles. The Labute approximate surface area is 89.4 Å². The van der Waals surface area contributed by atoms with E-state index in [1.54, 1.807) is 36.4 Å². The van der Waals surface area contributed by atoms with Crippen molar-refractivity contribution in [3.05, 3.63) is 48.5 Å². The Morgan fingerprint density at radius 1 is 0.733 bits per heavy atom. The summed E-state index contributed by atoms with van der Waals surface area (Å²) in [4.78, 5) is 0. The average molecular weight is 202 g/mol. The van der Waals surface area contributed by atoms with Crippen LogP contribution in [-0.2, 0) is 0 Å². The van der Waals surface area contributed by atoms with E-state index in [4.69, 9.17) is 5.11 Å². The van der Waals surface area contributed by atoms with E-state index < -0.39 is 0 Å². The molecule has 0 bridgehead atoms. The van der Waals surface area contributed by atoms with Crippen molar-refractivity contribution in [1.82, 2.24) is 0 Å². The van der Waals surface area contributed by atoms with Gasteiger partial charge in [0.2, 0.25) is 0 Å². The fraction of sp³-hybridized carbons (Fsp3) is 0.0769. The Balaban J connectivity index is 0.00000112. The Hall–Kier alpha value is -1.96. The molecule has 2 nitrogen and oxygen atoms in total. The molecule has 0 fully saturated rings. The fourth-order valence-electron chi connectivity index (χ4n) is 1.36. The monoisotopic (exact) mass is 202 g/mol. The SMILES string of the molecule is C.Oc1ccc(-c2ccccc2O)cc1. The number of rotatable bonds is 1. The Kier molecular flexibility index (Phi) is 3.34. The lowest BCUT2D eigenvalue weighted by atomic mass is 10.0. The third kappa shape index (κ3) is 2.29. The maximum atomic E-state index is 9.57. The number of phenols is 2. The van der Waals surface area contributed by atoms with Crippen LogP contribution in [0.3, 0.4) is 0 Å². The molecule has 0 atom stereocenters. The van der Waals surface area contributed by atoms with Crippen LogP contribution in [0.4, 0.5) is 0 Å². The van der Waals surface area contributed by atoms with E-state index in [1.807, 2.05) is 12.1 Å². The van der Waals surface area contributed by atoms with Crippen LogP contribution in [0.2, 0.25) is 0 Å². The van der Waals surface area contributed by atoms with Gasteiger partial charge < -0.3 is 10.2 Å². The summed E-state index contributed by atoms with van der Waals surface area (Å²) in [6, 6.07) is 13.9. The van der Waals surface area contributed by atoms with Gasteiger partial charge in [0, 0.05) is 5.56 Å². The summed E-state index contributed by atoms with van der Waals surface area (Å²) in [6.07, 6.45) is 0. The topological polar surface area (TPSA) is 40.5 Å². The second-order valence-corrected chi connectivity index (χ2v) is 3.06. The van der Waals surface area contributed by atoms with Gasteiger partial charge in [0.15, 0.2) is 0 Å². The first kappa shape index (κ1) is 11.1. The van der Waals surface area contributed by atoms with Gasteiger partial charge in [0.1, 0.15) is 11.5 Å². The van der Waals surface area contributed by atoms with Gasteiger partial charge in [-0.3, -0.25) is 0 Å². The van der Waals surface area contributed by atoms with Crippen molar-refractivity contribution in [1.29, 1.82) is 0 Å². The minimum Gasteiger partial charge on any atom is -0.508 e. The van der Waals surface area contributed by atoms with Crippen molar-refractivity contribution in [2.45, 2.75) is 7.43 Å². The predicted molar refractivity (Wildman–Crippen MR) is 61.9 cm³/mol. The van der Waals surface area contributed by atoms with Crippen LogP contribution in [0.5, 0.6) is 11.5 Å². The molecule has 0 aliphatic rings. The first-order valence-corrected chi connectivity index (χ1v) is 4.35. The van der Waals surface area contributed by atoms with E-state index in [0.717, 1.165) is 11.1 Å². The zero-order valence-corrected chi connectivity index (χ0v) is 7.51. The number of phenolic OH excluding ortho intramolecular Hbond substituents is 2. The summed E-state index contributed by atoms with van der Waals surface area (Å²) in [5.74, 6) is 0.474. The van der Waals surface area contributed by atoms with Crippen LogP contribution >= 0.6 is 0 Å². The van der Waals surface area contributed by atoms with E-state index in [-0.39, 0.29) is 18.9 Å². The van der Waals surface area contributed by atoms with Gasteiger partial charge in [-0.25, -0.2) is 0 Å². The molecule has 0 spiro atoms. The fourth-order valence-corrected chi connectivity index (χ4v) is 1.36. The summed E-state index contributed by atoms with van der Waals surface area (Å²) in [5, 5.41) is 18.7. The average Bonchev–Trinajstić information content (AvgIpc) is 2.20. The Bertz CT molecular complexity index is 433. The lowest BCUT2D eigenvalue weighted by molar-refractivity contribution is 0.474. The molecule has 15 heavy (non-hydrogen) atoms. The van der Waals surface area contributed by atoms with Crippen LogP contribution in [0.15, 0.2) is 48.5 Å². The van der Waals surface area contributed by atoms with E-state index in [9.17, 15) is 5.11 Å². The lowest BCUT2D eigenvalue weighted by Gasteiger charge is -2.03. The zero-order chi connectivity index (χ0) is 9.97. The third-order valence-corrected chi connectivity index (χ3v) is 2.08. The van der Waals surface area contributed by atoms with E-state index in [0.29, 0.717) is 0 Å². The molecule has 0 aliphatic carbocycles. The van der Waals surface area contributed by atoms with Crippen molar-refractivity contribution in [2.24, 2.45) is 0 Å². The number of para-hydroxylation sites is 1. The standard InChI is InChI=1S/C12H10O2.CH4/c13-10-7-5-9(6-8-10)11-3-1-2-4-12(11)14;/h1-8,13-14H;1H4. The van der Waals surface area contributed by atoms with Crippen molar-refractivity contribution in [2.75, 3.05) is 0 Å². The van der Waals surface area contributed by atoms with E-state index in [2.05, 4.69) is 0 Å². The van der Waals surface area contributed by atoms with Crippen molar-refractivity contribution in [3.63, 3.8) is 0 Å². The predicted octanol–water partition coefficient (Wildman–Crippen LogP) is 3.40. The summed E-state index contributed by atoms with van der Waals surface area (Å²) < 4.78 is 0. The highest BCUT2D eigenvalue weighted by Gasteiger charge is 2.01. The van der Waals surface area contributed by atoms with Crippen LogP contribution < -0.4 is 0 Å². The highest BCUT2D eigenvalue weighted by atomic mass is 16.3. The van der Waals surface area contributed by atoms with Gasteiger partial charge in [-0.05, 0) is 23.8 Å². The maximum Gasteiger partial charge on any atom is 0.123 e. The van der Waals surface area contributed by atoms with Crippen LogP contribution in [0.1, 0.15) is 7.43 Å². The number of aromatic hydroxyl groups is 2. The smallest absolute Gasteiger partial charge is 0.123 e. The van der Waals surface area contributed by atoms with Gasteiger partial charge >= 0.3 is 0 Å². The molecule has 2 heteroatoms. The molecule has 0 heterocycles. The van der Waals surface area contributed by atoms with E-state index in [1.165, 1.54) is 0 Å².